The normalized spacial score (nSPS) is 15.3. The largest absolute Gasteiger partial charge is 0.329 e. The van der Waals surface area contributed by atoms with Gasteiger partial charge in [0.25, 0.3) is 0 Å². The Morgan fingerprint density at radius 2 is 2.23 bits per heavy atom. The molecule has 0 saturated heterocycles. The Kier molecular flexibility index (Phi) is 3.63. The summed E-state index contributed by atoms with van der Waals surface area (Å²) < 4.78 is 11.8. The minimum absolute atomic E-state index is 0.0294. The SMILES string of the molecule is Cc1cccc(S(=O)C(C)CN)c1. The number of aryl methyl sites for hydroxylation is 1. The first kappa shape index (κ1) is 10.4. The molecule has 0 aliphatic heterocycles. The van der Waals surface area contributed by atoms with Crippen LogP contribution >= 0.6 is 0 Å². The average molecular weight is 197 g/mol. The maximum atomic E-state index is 11.8. The third-order valence-electron chi connectivity index (χ3n) is 1.92. The van der Waals surface area contributed by atoms with Crippen LogP contribution in [-0.2, 0) is 10.8 Å². The van der Waals surface area contributed by atoms with Crippen molar-refractivity contribution in [2.24, 2.45) is 5.73 Å². The molecule has 0 bridgehead atoms. The van der Waals surface area contributed by atoms with Crippen molar-refractivity contribution < 1.29 is 4.21 Å². The number of nitrogens with two attached hydrogens (primary N) is 1. The number of hydrogen-bond donors (Lipinski definition) is 1. The molecule has 13 heavy (non-hydrogen) atoms. The van der Waals surface area contributed by atoms with Crippen molar-refractivity contribution in [3.8, 4) is 0 Å². The van der Waals surface area contributed by atoms with Crippen molar-refractivity contribution in [1.29, 1.82) is 0 Å². The molecule has 0 saturated carbocycles. The van der Waals surface area contributed by atoms with Gasteiger partial charge in [0.2, 0.25) is 0 Å². The maximum absolute atomic E-state index is 11.8. The molecule has 2 nitrogen and oxygen atoms in total. The number of rotatable bonds is 3. The van der Waals surface area contributed by atoms with Crippen molar-refractivity contribution >= 4 is 10.8 Å². The summed E-state index contributed by atoms with van der Waals surface area (Å²) in [7, 11) is -0.963. The van der Waals surface area contributed by atoms with E-state index < -0.39 is 10.8 Å². The van der Waals surface area contributed by atoms with E-state index >= 15 is 0 Å². The molecular weight excluding hydrogens is 182 g/mol. The van der Waals surface area contributed by atoms with E-state index in [4.69, 9.17) is 5.73 Å². The van der Waals surface area contributed by atoms with E-state index in [1.165, 1.54) is 0 Å². The average Bonchev–Trinajstić information content (AvgIpc) is 2.15. The topological polar surface area (TPSA) is 43.1 Å². The lowest BCUT2D eigenvalue weighted by molar-refractivity contribution is 0.673. The van der Waals surface area contributed by atoms with Crippen LogP contribution in [0.2, 0.25) is 0 Å². The molecule has 2 atom stereocenters. The van der Waals surface area contributed by atoms with E-state index in [0.29, 0.717) is 6.54 Å². The zero-order chi connectivity index (χ0) is 9.84. The summed E-state index contributed by atoms with van der Waals surface area (Å²) in [6, 6.07) is 7.75. The lowest BCUT2D eigenvalue weighted by Crippen LogP contribution is -2.21. The van der Waals surface area contributed by atoms with Gasteiger partial charge in [0.15, 0.2) is 0 Å². The van der Waals surface area contributed by atoms with E-state index in [1.807, 2.05) is 38.1 Å². The van der Waals surface area contributed by atoms with Crippen LogP contribution in [0, 0.1) is 6.92 Å². The summed E-state index contributed by atoms with van der Waals surface area (Å²) >= 11 is 0. The Bertz CT molecular complexity index is 312. The molecule has 3 heteroatoms. The Morgan fingerprint density at radius 3 is 2.77 bits per heavy atom. The summed E-state index contributed by atoms with van der Waals surface area (Å²) in [6.07, 6.45) is 0. The second-order valence-corrected chi connectivity index (χ2v) is 5.03. The first-order valence-corrected chi connectivity index (χ1v) is 5.53. The first-order valence-electron chi connectivity index (χ1n) is 4.32. The third-order valence-corrected chi connectivity index (χ3v) is 3.56. The minimum Gasteiger partial charge on any atom is -0.329 e. The third kappa shape index (κ3) is 2.64. The molecule has 0 heterocycles. The van der Waals surface area contributed by atoms with Crippen molar-refractivity contribution in [2.75, 3.05) is 6.54 Å². The molecule has 1 aromatic carbocycles. The zero-order valence-electron chi connectivity index (χ0n) is 7.99. The van der Waals surface area contributed by atoms with E-state index in [9.17, 15) is 4.21 Å². The van der Waals surface area contributed by atoms with Gasteiger partial charge in [-0.15, -0.1) is 0 Å². The second-order valence-electron chi connectivity index (χ2n) is 3.16. The van der Waals surface area contributed by atoms with E-state index in [1.54, 1.807) is 0 Å². The van der Waals surface area contributed by atoms with Gasteiger partial charge < -0.3 is 5.73 Å². The Hall–Kier alpha value is -0.670. The minimum atomic E-state index is -0.963. The maximum Gasteiger partial charge on any atom is 0.0570 e. The van der Waals surface area contributed by atoms with Crippen LogP contribution in [0.15, 0.2) is 29.2 Å². The predicted octanol–water partition coefficient (Wildman–Crippen LogP) is 1.45. The van der Waals surface area contributed by atoms with Crippen LogP contribution in [0.4, 0.5) is 0 Å². The second kappa shape index (κ2) is 4.53. The van der Waals surface area contributed by atoms with Crippen molar-refractivity contribution in [1.82, 2.24) is 0 Å². The molecule has 0 aliphatic rings. The quantitative estimate of drug-likeness (QED) is 0.797. The lowest BCUT2D eigenvalue weighted by Gasteiger charge is -2.08. The van der Waals surface area contributed by atoms with Gasteiger partial charge in [0.1, 0.15) is 0 Å². The van der Waals surface area contributed by atoms with Gasteiger partial charge in [0, 0.05) is 16.7 Å². The van der Waals surface area contributed by atoms with Crippen LogP contribution in [0.5, 0.6) is 0 Å². The van der Waals surface area contributed by atoms with Crippen LogP contribution in [0.25, 0.3) is 0 Å². The standard InChI is InChI=1S/C10H15NOS/c1-8-4-3-5-10(6-8)13(12)9(2)7-11/h3-6,9H,7,11H2,1-2H3. The van der Waals surface area contributed by atoms with Gasteiger partial charge in [-0.1, -0.05) is 12.1 Å². The summed E-state index contributed by atoms with van der Waals surface area (Å²) in [4.78, 5) is 0.873. The van der Waals surface area contributed by atoms with Gasteiger partial charge in [-0.2, -0.15) is 0 Å². The summed E-state index contributed by atoms with van der Waals surface area (Å²) in [6.45, 7) is 4.35. The van der Waals surface area contributed by atoms with Gasteiger partial charge >= 0.3 is 0 Å². The highest BCUT2D eigenvalue weighted by Crippen LogP contribution is 2.12. The van der Waals surface area contributed by atoms with Crippen LogP contribution < -0.4 is 5.73 Å². The van der Waals surface area contributed by atoms with Gasteiger partial charge in [-0.05, 0) is 31.5 Å². The molecule has 0 radical (unpaired) electrons. The lowest BCUT2D eigenvalue weighted by atomic mass is 10.2. The highest BCUT2D eigenvalue weighted by molar-refractivity contribution is 7.85. The molecule has 0 fully saturated rings. The van der Waals surface area contributed by atoms with Crippen molar-refractivity contribution in [3.05, 3.63) is 29.8 Å². The molecule has 0 aromatic heterocycles. The molecule has 0 aliphatic carbocycles. The molecule has 2 N–H and O–H groups in total. The summed E-state index contributed by atoms with van der Waals surface area (Å²) in [5.74, 6) is 0. The fraction of sp³-hybridized carbons (Fsp3) is 0.400. The first-order chi connectivity index (χ1) is 6.15. The van der Waals surface area contributed by atoms with Crippen molar-refractivity contribution in [3.63, 3.8) is 0 Å². The van der Waals surface area contributed by atoms with E-state index in [-0.39, 0.29) is 5.25 Å². The predicted molar refractivity (Wildman–Crippen MR) is 56.1 cm³/mol. The highest BCUT2D eigenvalue weighted by Gasteiger charge is 2.10. The molecule has 72 valence electrons. The van der Waals surface area contributed by atoms with Gasteiger partial charge in [0.05, 0.1) is 10.8 Å². The fourth-order valence-corrected chi connectivity index (χ4v) is 2.21. The molecule has 1 aromatic rings. The molecule has 0 amide bonds. The monoisotopic (exact) mass is 197 g/mol. The van der Waals surface area contributed by atoms with Crippen LogP contribution in [0.1, 0.15) is 12.5 Å². The molecular formula is C10H15NOS. The highest BCUT2D eigenvalue weighted by atomic mass is 32.2. The van der Waals surface area contributed by atoms with Gasteiger partial charge in [-0.25, -0.2) is 0 Å². The Morgan fingerprint density at radius 1 is 1.54 bits per heavy atom. The summed E-state index contributed by atoms with van der Waals surface area (Å²) in [5, 5.41) is 0.0294. The van der Waals surface area contributed by atoms with E-state index in [2.05, 4.69) is 0 Å². The van der Waals surface area contributed by atoms with Crippen LogP contribution in [-0.4, -0.2) is 16.0 Å². The van der Waals surface area contributed by atoms with Gasteiger partial charge in [-0.3, -0.25) is 4.21 Å². The van der Waals surface area contributed by atoms with E-state index in [0.717, 1.165) is 10.5 Å². The van der Waals surface area contributed by atoms with Crippen molar-refractivity contribution in [2.45, 2.75) is 24.0 Å². The van der Waals surface area contributed by atoms with Crippen LogP contribution in [0.3, 0.4) is 0 Å². The smallest absolute Gasteiger partial charge is 0.0570 e. The Labute approximate surface area is 81.6 Å². The summed E-state index contributed by atoms with van der Waals surface area (Å²) in [5.41, 5.74) is 6.59. The number of benzene rings is 1. The fourth-order valence-electron chi connectivity index (χ4n) is 1.06. The Balaban J connectivity index is 2.89. The molecule has 0 spiro atoms. The molecule has 1 rings (SSSR count). The number of hydrogen-bond acceptors (Lipinski definition) is 2. The molecule has 2 unspecified atom stereocenters. The zero-order valence-corrected chi connectivity index (χ0v) is 8.80.